The first-order chi connectivity index (χ1) is 7.33. The van der Waals surface area contributed by atoms with Crippen molar-refractivity contribution in [3.8, 4) is 0 Å². The van der Waals surface area contributed by atoms with E-state index < -0.39 is 17.3 Å². The number of carbonyl (C=O) groups is 1. The number of carboxylic acids is 1. The van der Waals surface area contributed by atoms with Crippen molar-refractivity contribution in [1.82, 2.24) is 5.32 Å². The van der Waals surface area contributed by atoms with Crippen molar-refractivity contribution < 1.29 is 14.3 Å². The Bertz CT molecular complexity index is 407. The molecule has 0 heterocycles. The van der Waals surface area contributed by atoms with E-state index in [4.69, 9.17) is 16.7 Å². The minimum absolute atomic E-state index is 0.141. The van der Waals surface area contributed by atoms with E-state index in [-0.39, 0.29) is 6.54 Å². The molecule has 0 aliphatic rings. The largest absolute Gasteiger partial charge is 0.480 e. The highest BCUT2D eigenvalue weighted by Gasteiger charge is 2.26. The van der Waals surface area contributed by atoms with Gasteiger partial charge in [0.05, 0.1) is 0 Å². The quantitative estimate of drug-likeness (QED) is 0.857. The monoisotopic (exact) mass is 245 g/mol. The molecule has 0 aliphatic carbocycles. The standard InChI is InChI=1S/C11H13ClFNO2/c1-11(2,10(15)16)14-6-7-3-4-8(12)5-9(7)13/h3-5,14H,6H2,1-2H3,(H,15,16). The second-order valence-electron chi connectivity index (χ2n) is 4.02. The number of rotatable bonds is 4. The first kappa shape index (κ1) is 12.9. The summed E-state index contributed by atoms with van der Waals surface area (Å²) in [6.07, 6.45) is 0. The van der Waals surface area contributed by atoms with Crippen LogP contribution in [-0.4, -0.2) is 16.6 Å². The Morgan fingerprint density at radius 3 is 2.69 bits per heavy atom. The maximum absolute atomic E-state index is 13.4. The number of hydrogen-bond donors (Lipinski definition) is 2. The van der Waals surface area contributed by atoms with Crippen LogP contribution in [0, 0.1) is 5.82 Å². The fourth-order valence-corrected chi connectivity index (χ4v) is 1.22. The molecule has 0 unspecified atom stereocenters. The molecule has 0 saturated heterocycles. The molecule has 0 fully saturated rings. The molecule has 1 aromatic rings. The van der Waals surface area contributed by atoms with Crippen molar-refractivity contribution in [1.29, 1.82) is 0 Å². The van der Waals surface area contributed by atoms with E-state index in [9.17, 15) is 9.18 Å². The Balaban J connectivity index is 2.72. The topological polar surface area (TPSA) is 49.3 Å². The van der Waals surface area contributed by atoms with Gasteiger partial charge in [0.25, 0.3) is 0 Å². The number of nitrogens with one attached hydrogen (secondary N) is 1. The van der Waals surface area contributed by atoms with Gasteiger partial charge in [-0.3, -0.25) is 10.1 Å². The molecule has 5 heteroatoms. The second-order valence-corrected chi connectivity index (χ2v) is 4.46. The summed E-state index contributed by atoms with van der Waals surface area (Å²) in [7, 11) is 0. The van der Waals surface area contributed by atoms with Gasteiger partial charge in [0.15, 0.2) is 0 Å². The molecule has 3 nitrogen and oxygen atoms in total. The van der Waals surface area contributed by atoms with Crippen LogP contribution < -0.4 is 5.32 Å². The summed E-state index contributed by atoms with van der Waals surface area (Å²) in [6, 6.07) is 4.30. The summed E-state index contributed by atoms with van der Waals surface area (Å²) in [4.78, 5) is 10.8. The third-order valence-electron chi connectivity index (χ3n) is 2.27. The molecule has 0 atom stereocenters. The minimum Gasteiger partial charge on any atom is -0.480 e. The minimum atomic E-state index is -1.09. The average molecular weight is 246 g/mol. The van der Waals surface area contributed by atoms with Crippen LogP contribution >= 0.6 is 11.6 Å². The molecule has 0 amide bonds. The van der Waals surface area contributed by atoms with Crippen LogP contribution in [0.1, 0.15) is 19.4 Å². The average Bonchev–Trinajstić information content (AvgIpc) is 2.16. The lowest BCUT2D eigenvalue weighted by Crippen LogP contribution is -2.46. The molecule has 0 aliphatic heterocycles. The highest BCUT2D eigenvalue weighted by molar-refractivity contribution is 6.30. The van der Waals surface area contributed by atoms with Crippen LogP contribution in [0.4, 0.5) is 4.39 Å². The molecule has 0 saturated carbocycles. The molecule has 0 bridgehead atoms. The number of hydrogen-bond acceptors (Lipinski definition) is 2. The SMILES string of the molecule is CC(C)(NCc1ccc(Cl)cc1F)C(=O)O. The number of carboxylic acid groups (broad SMARTS) is 1. The van der Waals surface area contributed by atoms with Crippen LogP contribution in [0.25, 0.3) is 0 Å². The van der Waals surface area contributed by atoms with Gasteiger partial charge in [-0.05, 0) is 26.0 Å². The summed E-state index contributed by atoms with van der Waals surface area (Å²) in [6.45, 7) is 3.18. The van der Waals surface area contributed by atoms with E-state index in [0.29, 0.717) is 10.6 Å². The van der Waals surface area contributed by atoms with Crippen LogP contribution in [-0.2, 0) is 11.3 Å². The van der Waals surface area contributed by atoms with Crippen LogP contribution in [0.15, 0.2) is 18.2 Å². The molecular weight excluding hydrogens is 233 g/mol. The van der Waals surface area contributed by atoms with Crippen molar-refractivity contribution in [3.05, 3.63) is 34.6 Å². The molecule has 1 aromatic carbocycles. The zero-order valence-electron chi connectivity index (χ0n) is 9.05. The van der Waals surface area contributed by atoms with Crippen molar-refractivity contribution in [2.24, 2.45) is 0 Å². The van der Waals surface area contributed by atoms with Gasteiger partial charge in [0.2, 0.25) is 0 Å². The maximum atomic E-state index is 13.4. The zero-order chi connectivity index (χ0) is 12.3. The Labute approximate surface area is 98.2 Å². The summed E-state index contributed by atoms with van der Waals surface area (Å²) >= 11 is 5.60. The highest BCUT2D eigenvalue weighted by atomic mass is 35.5. The van der Waals surface area contributed by atoms with Gasteiger partial charge in [0.1, 0.15) is 11.4 Å². The van der Waals surface area contributed by atoms with Gasteiger partial charge in [-0.25, -0.2) is 4.39 Å². The molecule has 0 spiro atoms. The van der Waals surface area contributed by atoms with Gasteiger partial charge in [0, 0.05) is 17.1 Å². The van der Waals surface area contributed by atoms with E-state index in [1.54, 1.807) is 6.07 Å². The lowest BCUT2D eigenvalue weighted by Gasteiger charge is -2.21. The van der Waals surface area contributed by atoms with Crippen molar-refractivity contribution >= 4 is 17.6 Å². The summed E-state index contributed by atoms with van der Waals surface area (Å²) in [5, 5.41) is 11.9. The van der Waals surface area contributed by atoms with E-state index in [1.165, 1.54) is 26.0 Å². The molecule has 1 rings (SSSR count). The van der Waals surface area contributed by atoms with Gasteiger partial charge >= 0.3 is 5.97 Å². The van der Waals surface area contributed by atoms with Crippen molar-refractivity contribution in [2.75, 3.05) is 0 Å². The fraction of sp³-hybridized carbons (Fsp3) is 0.364. The lowest BCUT2D eigenvalue weighted by molar-refractivity contribution is -0.143. The third-order valence-corrected chi connectivity index (χ3v) is 2.51. The summed E-state index contributed by atoms with van der Waals surface area (Å²) in [5.74, 6) is -1.43. The zero-order valence-corrected chi connectivity index (χ0v) is 9.81. The number of halogens is 2. The highest BCUT2D eigenvalue weighted by Crippen LogP contribution is 2.15. The maximum Gasteiger partial charge on any atom is 0.323 e. The molecule has 2 N–H and O–H groups in total. The molecule has 88 valence electrons. The number of aliphatic carboxylic acids is 1. The molecule has 0 aromatic heterocycles. The van der Waals surface area contributed by atoms with Crippen LogP contribution in [0.2, 0.25) is 5.02 Å². The Hall–Kier alpha value is -1.13. The van der Waals surface area contributed by atoms with E-state index in [1.807, 2.05) is 0 Å². The first-order valence-electron chi connectivity index (χ1n) is 4.75. The predicted molar refractivity (Wildman–Crippen MR) is 60.0 cm³/mol. The molecular formula is C11H13ClFNO2. The molecule has 0 radical (unpaired) electrons. The van der Waals surface area contributed by atoms with Crippen LogP contribution in [0.3, 0.4) is 0 Å². The lowest BCUT2D eigenvalue weighted by atomic mass is 10.1. The van der Waals surface area contributed by atoms with E-state index >= 15 is 0 Å². The van der Waals surface area contributed by atoms with Gasteiger partial charge in [-0.15, -0.1) is 0 Å². The fourth-order valence-electron chi connectivity index (χ4n) is 1.06. The predicted octanol–water partition coefficient (Wildman–Crippen LogP) is 2.43. The smallest absolute Gasteiger partial charge is 0.323 e. The van der Waals surface area contributed by atoms with Crippen LogP contribution in [0.5, 0.6) is 0 Å². The Morgan fingerprint density at radius 2 is 2.19 bits per heavy atom. The van der Waals surface area contributed by atoms with Gasteiger partial charge < -0.3 is 5.11 Å². The van der Waals surface area contributed by atoms with Gasteiger partial charge in [-0.1, -0.05) is 17.7 Å². The van der Waals surface area contributed by atoms with E-state index in [2.05, 4.69) is 5.32 Å². The Morgan fingerprint density at radius 1 is 1.56 bits per heavy atom. The number of benzene rings is 1. The van der Waals surface area contributed by atoms with Crippen molar-refractivity contribution in [2.45, 2.75) is 25.9 Å². The Kier molecular flexibility index (Phi) is 3.88. The first-order valence-corrected chi connectivity index (χ1v) is 5.13. The van der Waals surface area contributed by atoms with Crippen molar-refractivity contribution in [3.63, 3.8) is 0 Å². The summed E-state index contributed by atoms with van der Waals surface area (Å²) < 4.78 is 13.4. The van der Waals surface area contributed by atoms with E-state index in [0.717, 1.165) is 0 Å². The molecule has 16 heavy (non-hydrogen) atoms. The normalized spacial score (nSPS) is 11.5. The second kappa shape index (κ2) is 4.80. The summed E-state index contributed by atoms with van der Waals surface area (Å²) in [5.41, 5.74) is -0.703. The third kappa shape index (κ3) is 3.18. The van der Waals surface area contributed by atoms with Gasteiger partial charge in [-0.2, -0.15) is 0 Å².